The Morgan fingerprint density at radius 2 is 1.89 bits per heavy atom. The largest absolute Gasteiger partial charge is 0.462 e. The van der Waals surface area contributed by atoms with Gasteiger partial charge >= 0.3 is 12.0 Å². The van der Waals surface area contributed by atoms with Crippen molar-refractivity contribution in [2.45, 2.75) is 78.2 Å². The zero-order valence-electron chi connectivity index (χ0n) is 17.3. The molecule has 6 nitrogen and oxygen atoms in total. The molecule has 0 radical (unpaired) electrons. The fourth-order valence-corrected chi connectivity index (χ4v) is 7.06. The van der Waals surface area contributed by atoms with E-state index in [4.69, 9.17) is 10.5 Å². The number of hydrogen-bond donors (Lipinski definition) is 2. The minimum absolute atomic E-state index is 0.0484. The average Bonchev–Trinajstić information content (AvgIpc) is 2.96. The van der Waals surface area contributed by atoms with E-state index < -0.39 is 6.03 Å². The van der Waals surface area contributed by atoms with E-state index in [9.17, 15) is 9.59 Å². The van der Waals surface area contributed by atoms with Crippen LogP contribution in [0.25, 0.3) is 0 Å². The van der Waals surface area contributed by atoms with Gasteiger partial charge in [0.25, 0.3) is 0 Å². The fraction of sp³-hybridized carbons (Fsp3) is 0.773. The lowest BCUT2D eigenvalue weighted by molar-refractivity contribution is -0.148. The fourth-order valence-electron chi connectivity index (χ4n) is 7.06. The Hall–Kier alpha value is -1.85. The quantitative estimate of drug-likeness (QED) is 0.427. The number of urea groups is 1. The van der Waals surface area contributed by atoms with Crippen LogP contribution in [0.4, 0.5) is 4.79 Å². The first-order valence-corrected chi connectivity index (χ1v) is 10.7. The van der Waals surface area contributed by atoms with Gasteiger partial charge in [-0.2, -0.15) is 5.10 Å². The number of primary amides is 1. The molecule has 0 aromatic heterocycles. The summed E-state index contributed by atoms with van der Waals surface area (Å²) in [5.74, 6) is 1.80. The minimum atomic E-state index is -0.587. The first-order valence-electron chi connectivity index (χ1n) is 10.7. The highest BCUT2D eigenvalue weighted by Gasteiger charge is 2.58. The van der Waals surface area contributed by atoms with Gasteiger partial charge in [-0.1, -0.05) is 25.5 Å². The Morgan fingerprint density at radius 1 is 1.18 bits per heavy atom. The number of hydrazone groups is 1. The van der Waals surface area contributed by atoms with Crippen LogP contribution in [0.2, 0.25) is 0 Å². The Kier molecular flexibility index (Phi) is 4.79. The normalized spacial score (nSPS) is 43.4. The number of fused-ring (bicyclic) bond motifs is 5. The van der Waals surface area contributed by atoms with Crippen molar-refractivity contribution in [3.05, 3.63) is 11.6 Å². The number of allylic oxidation sites excluding steroid dienone is 1. The Bertz CT molecular complexity index is 745. The van der Waals surface area contributed by atoms with Gasteiger partial charge in [-0.05, 0) is 68.1 Å². The highest BCUT2D eigenvalue weighted by Crippen LogP contribution is 2.64. The van der Waals surface area contributed by atoms with Crippen LogP contribution in [0.15, 0.2) is 16.8 Å². The summed E-state index contributed by atoms with van der Waals surface area (Å²) in [5, 5.41) is 4.38. The van der Waals surface area contributed by atoms with Crippen molar-refractivity contribution >= 4 is 17.7 Å². The molecule has 0 aromatic carbocycles. The maximum absolute atomic E-state index is 11.4. The summed E-state index contributed by atoms with van der Waals surface area (Å²) in [6, 6.07) is -0.587. The predicted molar refractivity (Wildman–Crippen MR) is 107 cm³/mol. The summed E-state index contributed by atoms with van der Waals surface area (Å²) in [5.41, 5.74) is 10.6. The second-order valence-electron chi connectivity index (χ2n) is 9.76. The van der Waals surface area contributed by atoms with Gasteiger partial charge in [0, 0.05) is 24.5 Å². The van der Waals surface area contributed by atoms with E-state index in [0.29, 0.717) is 17.8 Å². The monoisotopic (exact) mass is 387 g/mol. The molecular weight excluding hydrogens is 354 g/mol. The van der Waals surface area contributed by atoms with Crippen molar-refractivity contribution in [3.8, 4) is 0 Å². The Labute approximate surface area is 167 Å². The number of carbonyl (C=O) groups is 2. The van der Waals surface area contributed by atoms with Gasteiger partial charge in [-0.15, -0.1) is 0 Å². The molecule has 4 rings (SSSR count). The summed E-state index contributed by atoms with van der Waals surface area (Å²) in [6.07, 6.45) is 11.0. The highest BCUT2D eigenvalue weighted by atomic mass is 16.5. The van der Waals surface area contributed by atoms with E-state index >= 15 is 0 Å². The number of nitrogens with one attached hydrogen (secondary N) is 1. The van der Waals surface area contributed by atoms with Crippen LogP contribution in [-0.4, -0.2) is 23.8 Å². The lowest BCUT2D eigenvalue weighted by Crippen LogP contribution is -2.50. The predicted octanol–water partition coefficient (Wildman–Crippen LogP) is 3.91. The van der Waals surface area contributed by atoms with Crippen LogP contribution >= 0.6 is 0 Å². The van der Waals surface area contributed by atoms with Crippen LogP contribution < -0.4 is 11.2 Å². The molecule has 4 aliphatic rings. The first-order chi connectivity index (χ1) is 13.2. The molecule has 0 bridgehead atoms. The smallest absolute Gasteiger partial charge is 0.332 e. The summed E-state index contributed by atoms with van der Waals surface area (Å²) < 4.78 is 5.53. The van der Waals surface area contributed by atoms with Gasteiger partial charge < -0.3 is 10.5 Å². The molecule has 3 N–H and O–H groups in total. The third-order valence-corrected chi connectivity index (χ3v) is 8.43. The van der Waals surface area contributed by atoms with Gasteiger partial charge in [0.05, 0.1) is 0 Å². The molecule has 6 atom stereocenters. The van der Waals surface area contributed by atoms with Gasteiger partial charge in [0.1, 0.15) is 6.10 Å². The lowest BCUT2D eigenvalue weighted by Gasteiger charge is -2.57. The average molecular weight is 388 g/mol. The maximum Gasteiger partial charge on any atom is 0.332 e. The highest BCUT2D eigenvalue weighted by molar-refractivity contribution is 5.93. The number of hydrogen-bond acceptors (Lipinski definition) is 4. The molecule has 0 aromatic rings. The lowest BCUT2D eigenvalue weighted by atomic mass is 9.48. The van der Waals surface area contributed by atoms with Crippen LogP contribution in [0.3, 0.4) is 0 Å². The van der Waals surface area contributed by atoms with E-state index in [0.717, 1.165) is 50.7 Å². The molecule has 3 saturated carbocycles. The molecule has 28 heavy (non-hydrogen) atoms. The van der Waals surface area contributed by atoms with Crippen LogP contribution in [0, 0.1) is 28.6 Å². The van der Waals surface area contributed by atoms with Crippen LogP contribution in [-0.2, 0) is 9.53 Å². The summed E-state index contributed by atoms with van der Waals surface area (Å²) in [4.78, 5) is 22.5. The Balaban J connectivity index is 1.56. The van der Waals surface area contributed by atoms with Crippen LogP contribution in [0.5, 0.6) is 0 Å². The molecular formula is C22H33N3O3. The molecule has 0 heterocycles. The molecule has 0 saturated heterocycles. The Morgan fingerprint density at radius 3 is 2.61 bits per heavy atom. The van der Waals surface area contributed by atoms with Gasteiger partial charge in [-0.3, -0.25) is 4.79 Å². The van der Waals surface area contributed by atoms with Crippen molar-refractivity contribution in [2.24, 2.45) is 39.4 Å². The van der Waals surface area contributed by atoms with E-state index in [2.05, 4.69) is 30.5 Å². The number of amides is 2. The van der Waals surface area contributed by atoms with E-state index in [1.807, 2.05) is 0 Å². The molecule has 3 fully saturated rings. The molecule has 0 aliphatic heterocycles. The SMILES string of the molecule is CC(=O)O[C@@H]1CC[C@@]2(C)C(=CC[C@@H]3[C@H]4CC/C(=N/NC(N)=O)[C@@]4(C)CC[C@@H]32)C1. The summed E-state index contributed by atoms with van der Waals surface area (Å²) in [7, 11) is 0. The molecule has 154 valence electrons. The van der Waals surface area contributed by atoms with E-state index in [-0.39, 0.29) is 22.9 Å². The van der Waals surface area contributed by atoms with Crippen molar-refractivity contribution in [2.75, 3.05) is 0 Å². The van der Waals surface area contributed by atoms with Gasteiger partial charge in [-0.25, -0.2) is 10.2 Å². The number of esters is 1. The molecule has 4 aliphatic carbocycles. The van der Waals surface area contributed by atoms with Crippen molar-refractivity contribution < 1.29 is 14.3 Å². The zero-order valence-corrected chi connectivity index (χ0v) is 17.3. The number of nitrogens with two attached hydrogens (primary N) is 1. The third kappa shape index (κ3) is 3.05. The molecule has 0 unspecified atom stereocenters. The second kappa shape index (κ2) is 6.89. The number of rotatable bonds is 2. The molecule has 6 heteroatoms. The zero-order chi connectivity index (χ0) is 20.1. The van der Waals surface area contributed by atoms with Gasteiger partial charge in [0.15, 0.2) is 0 Å². The summed E-state index contributed by atoms with van der Waals surface area (Å²) in [6.45, 7) is 6.29. The molecule has 0 spiro atoms. The number of nitrogens with zero attached hydrogens (tertiary/aromatic N) is 1. The van der Waals surface area contributed by atoms with Gasteiger partial charge in [0.2, 0.25) is 0 Å². The van der Waals surface area contributed by atoms with Crippen molar-refractivity contribution in [1.82, 2.24) is 5.43 Å². The topological polar surface area (TPSA) is 93.8 Å². The third-order valence-electron chi connectivity index (χ3n) is 8.43. The molecule has 2 amide bonds. The number of ether oxygens (including phenoxy) is 1. The van der Waals surface area contributed by atoms with E-state index in [1.54, 1.807) is 0 Å². The van der Waals surface area contributed by atoms with E-state index in [1.165, 1.54) is 18.9 Å². The van der Waals surface area contributed by atoms with Crippen molar-refractivity contribution in [1.29, 1.82) is 0 Å². The first kappa shape index (κ1) is 19.5. The maximum atomic E-state index is 11.4. The van der Waals surface area contributed by atoms with Crippen molar-refractivity contribution in [3.63, 3.8) is 0 Å². The second-order valence-corrected chi connectivity index (χ2v) is 9.76. The minimum Gasteiger partial charge on any atom is -0.462 e. The van der Waals surface area contributed by atoms with Crippen LogP contribution in [0.1, 0.15) is 72.1 Å². The standard InChI is InChI=1S/C22H33N3O3/c1-13(26)28-15-8-10-21(2)14(12-15)4-5-16-17-6-7-19(24-25-20(23)27)22(17,3)11-9-18(16)21/h4,15-18H,5-12H2,1-3H3,(H3,23,25,27)/b24-19-/t15-,16-,17-,18+,21+,22+/m1/s1. The summed E-state index contributed by atoms with van der Waals surface area (Å²) >= 11 is 0. The number of carbonyl (C=O) groups excluding carboxylic acids is 2.